The Morgan fingerprint density at radius 1 is 1.21 bits per heavy atom. The molecular weight excluding hydrogens is 412 g/mol. The van der Waals surface area contributed by atoms with Gasteiger partial charge in [0, 0.05) is 17.5 Å². The standard InChI is InChI=1S/C29H40O4/c1-7-32-27(31)29(5,6)24-19-28(3,4)18-22-16-23(17-25(30)26(22)24)33-20(2)12-11-15-21-13-9-8-10-14-21/h8-10,13-14,16-17,20,24,30H,7,11-12,15,18-19H2,1-6H3. The molecule has 0 aromatic heterocycles. The van der Waals surface area contributed by atoms with Gasteiger partial charge in [0.25, 0.3) is 0 Å². The number of aromatic hydroxyl groups is 1. The molecular formula is C29H40O4. The molecule has 0 spiro atoms. The van der Waals surface area contributed by atoms with E-state index in [4.69, 9.17) is 9.47 Å². The van der Waals surface area contributed by atoms with E-state index < -0.39 is 5.41 Å². The first kappa shape index (κ1) is 25.1. The molecule has 2 aromatic rings. The maximum absolute atomic E-state index is 12.8. The number of ether oxygens (including phenoxy) is 2. The minimum Gasteiger partial charge on any atom is -0.508 e. The zero-order valence-electron chi connectivity index (χ0n) is 21.1. The summed E-state index contributed by atoms with van der Waals surface area (Å²) in [6, 6.07) is 14.3. The van der Waals surface area contributed by atoms with Crippen molar-refractivity contribution in [3.63, 3.8) is 0 Å². The predicted molar refractivity (Wildman–Crippen MR) is 133 cm³/mol. The van der Waals surface area contributed by atoms with E-state index >= 15 is 0 Å². The molecule has 2 unspecified atom stereocenters. The molecule has 0 amide bonds. The first-order chi connectivity index (χ1) is 15.5. The number of carbonyl (C=O) groups excluding carboxylic acids is 1. The maximum atomic E-state index is 12.8. The minimum absolute atomic E-state index is 0.00773. The number of rotatable bonds is 9. The first-order valence-corrected chi connectivity index (χ1v) is 12.3. The lowest BCUT2D eigenvalue weighted by Crippen LogP contribution is -2.39. The fourth-order valence-corrected chi connectivity index (χ4v) is 5.13. The van der Waals surface area contributed by atoms with Gasteiger partial charge in [-0.05, 0) is 82.4 Å². The van der Waals surface area contributed by atoms with Gasteiger partial charge in [-0.2, -0.15) is 0 Å². The summed E-state index contributed by atoms with van der Waals surface area (Å²) in [7, 11) is 0. The van der Waals surface area contributed by atoms with Crippen molar-refractivity contribution in [1.29, 1.82) is 0 Å². The van der Waals surface area contributed by atoms with Gasteiger partial charge in [0.15, 0.2) is 0 Å². The van der Waals surface area contributed by atoms with E-state index in [1.807, 2.05) is 26.8 Å². The van der Waals surface area contributed by atoms with Gasteiger partial charge in [0.05, 0.1) is 18.1 Å². The van der Waals surface area contributed by atoms with Crippen LogP contribution in [0.25, 0.3) is 0 Å². The molecule has 180 valence electrons. The van der Waals surface area contributed by atoms with Crippen molar-refractivity contribution in [2.75, 3.05) is 6.61 Å². The van der Waals surface area contributed by atoms with Crippen molar-refractivity contribution in [1.82, 2.24) is 0 Å². The van der Waals surface area contributed by atoms with Crippen LogP contribution in [0.15, 0.2) is 42.5 Å². The summed E-state index contributed by atoms with van der Waals surface area (Å²) in [5.74, 6) is 0.582. The minimum atomic E-state index is -0.729. The highest BCUT2D eigenvalue weighted by molar-refractivity contribution is 5.78. The quantitative estimate of drug-likeness (QED) is 0.424. The lowest BCUT2D eigenvalue weighted by atomic mass is 9.61. The van der Waals surface area contributed by atoms with Crippen LogP contribution < -0.4 is 4.74 Å². The molecule has 2 aromatic carbocycles. The van der Waals surface area contributed by atoms with Crippen LogP contribution in [-0.4, -0.2) is 23.8 Å². The monoisotopic (exact) mass is 452 g/mol. The van der Waals surface area contributed by atoms with Crippen LogP contribution in [0, 0.1) is 10.8 Å². The second-order valence-electron chi connectivity index (χ2n) is 10.9. The Morgan fingerprint density at radius 2 is 1.91 bits per heavy atom. The lowest BCUT2D eigenvalue weighted by molar-refractivity contribution is -0.155. The zero-order valence-corrected chi connectivity index (χ0v) is 21.1. The topological polar surface area (TPSA) is 55.8 Å². The Kier molecular flexibility index (Phi) is 7.76. The van der Waals surface area contributed by atoms with Crippen molar-refractivity contribution in [2.24, 2.45) is 10.8 Å². The number of aryl methyl sites for hydroxylation is 1. The number of carbonyl (C=O) groups is 1. The molecule has 2 atom stereocenters. The number of phenolic OH excluding ortho intramolecular Hbond substituents is 1. The molecule has 3 rings (SSSR count). The van der Waals surface area contributed by atoms with Gasteiger partial charge in [-0.1, -0.05) is 44.2 Å². The molecule has 0 fully saturated rings. The van der Waals surface area contributed by atoms with Crippen LogP contribution in [0.2, 0.25) is 0 Å². The molecule has 1 aliphatic carbocycles. The first-order valence-electron chi connectivity index (χ1n) is 12.3. The summed E-state index contributed by atoms with van der Waals surface area (Å²) >= 11 is 0. The average Bonchev–Trinajstić information content (AvgIpc) is 2.73. The Bertz CT molecular complexity index is 946. The molecule has 1 N–H and O–H groups in total. The molecule has 0 radical (unpaired) electrons. The van der Waals surface area contributed by atoms with E-state index in [1.54, 1.807) is 6.07 Å². The Balaban J connectivity index is 1.77. The Morgan fingerprint density at radius 3 is 2.58 bits per heavy atom. The summed E-state index contributed by atoms with van der Waals surface area (Å²) in [5.41, 5.74) is 2.56. The van der Waals surface area contributed by atoms with E-state index in [2.05, 4.69) is 51.1 Å². The van der Waals surface area contributed by atoms with Gasteiger partial charge in [-0.3, -0.25) is 4.79 Å². The van der Waals surface area contributed by atoms with Gasteiger partial charge in [0.1, 0.15) is 11.5 Å². The molecule has 0 saturated heterocycles. The van der Waals surface area contributed by atoms with Gasteiger partial charge < -0.3 is 14.6 Å². The second kappa shape index (κ2) is 10.2. The third-order valence-corrected chi connectivity index (χ3v) is 6.92. The van der Waals surface area contributed by atoms with E-state index in [-0.39, 0.29) is 29.2 Å². The molecule has 0 aliphatic heterocycles. The highest BCUT2D eigenvalue weighted by Crippen LogP contribution is 2.53. The van der Waals surface area contributed by atoms with Gasteiger partial charge >= 0.3 is 5.97 Å². The maximum Gasteiger partial charge on any atom is 0.312 e. The SMILES string of the molecule is CCOC(=O)C(C)(C)C1CC(C)(C)Cc2cc(OC(C)CCCc3ccccc3)cc(O)c21. The van der Waals surface area contributed by atoms with Crippen LogP contribution in [-0.2, 0) is 22.4 Å². The van der Waals surface area contributed by atoms with Gasteiger partial charge in [-0.15, -0.1) is 0 Å². The smallest absolute Gasteiger partial charge is 0.312 e. The molecule has 0 bridgehead atoms. The van der Waals surface area contributed by atoms with Crippen LogP contribution in [0.3, 0.4) is 0 Å². The van der Waals surface area contributed by atoms with Crippen LogP contribution >= 0.6 is 0 Å². The molecule has 4 nitrogen and oxygen atoms in total. The van der Waals surface area contributed by atoms with Crippen molar-refractivity contribution < 1.29 is 19.4 Å². The Hall–Kier alpha value is -2.49. The van der Waals surface area contributed by atoms with E-state index in [9.17, 15) is 9.90 Å². The highest BCUT2D eigenvalue weighted by atomic mass is 16.5. The molecule has 4 heteroatoms. The Labute approximate surface area is 199 Å². The van der Waals surface area contributed by atoms with Crippen LogP contribution in [0.4, 0.5) is 0 Å². The second-order valence-corrected chi connectivity index (χ2v) is 10.9. The van der Waals surface area contributed by atoms with E-state index in [1.165, 1.54) is 5.56 Å². The zero-order chi connectivity index (χ0) is 24.2. The largest absolute Gasteiger partial charge is 0.508 e. The number of hydrogen-bond donors (Lipinski definition) is 1. The van der Waals surface area contributed by atoms with Gasteiger partial charge in [-0.25, -0.2) is 0 Å². The van der Waals surface area contributed by atoms with Crippen molar-refractivity contribution in [3.8, 4) is 11.5 Å². The van der Waals surface area contributed by atoms with Crippen LogP contribution in [0.5, 0.6) is 11.5 Å². The molecule has 1 aliphatic rings. The number of phenols is 1. The van der Waals surface area contributed by atoms with Crippen LogP contribution in [0.1, 0.15) is 83.4 Å². The highest BCUT2D eigenvalue weighted by Gasteiger charge is 2.46. The molecule has 0 heterocycles. The van der Waals surface area contributed by atoms with E-state index in [0.29, 0.717) is 12.4 Å². The fraction of sp³-hybridized carbons (Fsp3) is 0.552. The summed E-state index contributed by atoms with van der Waals surface area (Å²) < 4.78 is 11.6. The number of fused-ring (bicyclic) bond motifs is 1. The lowest BCUT2D eigenvalue weighted by Gasteiger charge is -2.43. The van der Waals surface area contributed by atoms with E-state index in [0.717, 1.165) is 43.2 Å². The summed E-state index contributed by atoms with van der Waals surface area (Å²) in [4.78, 5) is 12.8. The summed E-state index contributed by atoms with van der Waals surface area (Å²) in [6.07, 6.45) is 4.72. The third-order valence-electron chi connectivity index (χ3n) is 6.92. The number of esters is 1. The van der Waals surface area contributed by atoms with Crippen molar-refractivity contribution in [2.45, 2.75) is 85.7 Å². The summed E-state index contributed by atoms with van der Waals surface area (Å²) in [6.45, 7) is 12.6. The number of hydrogen-bond acceptors (Lipinski definition) is 4. The van der Waals surface area contributed by atoms with Crippen molar-refractivity contribution in [3.05, 3.63) is 59.2 Å². The van der Waals surface area contributed by atoms with Gasteiger partial charge in [0.2, 0.25) is 0 Å². The molecule has 33 heavy (non-hydrogen) atoms. The van der Waals surface area contributed by atoms with Crippen molar-refractivity contribution >= 4 is 5.97 Å². The third kappa shape index (κ3) is 6.10. The number of benzene rings is 2. The molecule has 0 saturated carbocycles. The summed E-state index contributed by atoms with van der Waals surface area (Å²) in [5, 5.41) is 11.1. The predicted octanol–water partition coefficient (Wildman–Crippen LogP) is 6.83. The average molecular weight is 453 g/mol. The fourth-order valence-electron chi connectivity index (χ4n) is 5.13. The normalized spacial score (nSPS) is 18.3.